The summed E-state index contributed by atoms with van der Waals surface area (Å²) < 4.78 is 11.3. The highest BCUT2D eigenvalue weighted by Gasteiger charge is 2.25. The second kappa shape index (κ2) is 11.7. The number of furan rings is 1. The fraction of sp³-hybridized carbons (Fsp3) is 0. The Balaban J connectivity index is 1.27. The lowest BCUT2D eigenvalue weighted by atomic mass is 9.94. The van der Waals surface area contributed by atoms with Crippen molar-refractivity contribution >= 4 is 86.2 Å². The molecule has 5 heteroatoms. The van der Waals surface area contributed by atoms with Crippen molar-refractivity contribution in [2.24, 2.45) is 0 Å². The Hall–Kier alpha value is -7.08. The van der Waals surface area contributed by atoms with Gasteiger partial charge in [-0.05, 0) is 69.4 Å². The van der Waals surface area contributed by atoms with Gasteiger partial charge in [0.25, 0.3) is 0 Å². The van der Waals surface area contributed by atoms with Crippen LogP contribution in [-0.2, 0) is 0 Å². The van der Waals surface area contributed by atoms with Crippen molar-refractivity contribution in [1.29, 1.82) is 0 Å². The fourth-order valence-corrected chi connectivity index (χ4v) is 9.73. The predicted molar refractivity (Wildman–Crippen MR) is 230 cm³/mol. The minimum atomic E-state index is 0.641. The van der Waals surface area contributed by atoms with Crippen molar-refractivity contribution in [3.8, 4) is 39.5 Å². The number of aromatic nitrogens is 3. The standard InChI is InChI=1S/C50H29N3OS/c1-4-14-30(15-5-1)33-24-25-36-42(28-33)54-41-27-26-39-46(45(36)41)44-35-21-11-10-20-34(35)38(31-16-6-2-7-17-31)29-40(44)53(39)50-51-47(32-18-8-3-9-19-32)49-48(52-50)37-22-12-13-23-43(37)55-49/h1-29H. The lowest BCUT2D eigenvalue weighted by Crippen LogP contribution is -2.03. The van der Waals surface area contributed by atoms with Crippen LogP contribution in [0.2, 0.25) is 0 Å². The van der Waals surface area contributed by atoms with Gasteiger partial charge >= 0.3 is 0 Å². The van der Waals surface area contributed by atoms with E-state index in [0.717, 1.165) is 87.3 Å². The highest BCUT2D eigenvalue weighted by molar-refractivity contribution is 7.26. The van der Waals surface area contributed by atoms with E-state index in [4.69, 9.17) is 14.4 Å². The van der Waals surface area contributed by atoms with Crippen LogP contribution in [0.3, 0.4) is 0 Å². The number of rotatable bonds is 4. The van der Waals surface area contributed by atoms with Gasteiger partial charge in [0.05, 0.1) is 26.9 Å². The van der Waals surface area contributed by atoms with Gasteiger partial charge in [0, 0.05) is 37.2 Å². The van der Waals surface area contributed by atoms with E-state index in [1.165, 1.54) is 21.0 Å². The molecule has 4 aromatic heterocycles. The molecular formula is C50H29N3OS. The SMILES string of the molecule is c1ccc(-c2ccc3c(c2)oc2ccc4c(c23)c2c3ccccc3c(-c3ccccc3)cc2n4-c2nc(-c3ccccc3)c3sc4ccccc4c3n2)cc1. The Morgan fingerprint density at radius 2 is 1.11 bits per heavy atom. The van der Waals surface area contributed by atoms with Crippen LogP contribution in [0.25, 0.3) is 114 Å². The molecule has 55 heavy (non-hydrogen) atoms. The molecule has 0 atom stereocenters. The second-order valence-corrected chi connectivity index (χ2v) is 15.1. The normalized spacial score (nSPS) is 12.0. The third-order valence-corrected chi connectivity index (χ3v) is 12.2. The van der Waals surface area contributed by atoms with Crippen molar-refractivity contribution in [3.05, 3.63) is 176 Å². The molecule has 0 aliphatic carbocycles. The number of hydrogen-bond donors (Lipinski definition) is 0. The second-order valence-electron chi connectivity index (χ2n) is 14.1. The van der Waals surface area contributed by atoms with Crippen LogP contribution in [0.1, 0.15) is 0 Å². The van der Waals surface area contributed by atoms with E-state index < -0.39 is 0 Å². The van der Waals surface area contributed by atoms with Gasteiger partial charge in [0.1, 0.15) is 11.2 Å². The van der Waals surface area contributed by atoms with E-state index in [2.05, 4.69) is 174 Å². The molecule has 4 heterocycles. The summed E-state index contributed by atoms with van der Waals surface area (Å²) in [5, 5.41) is 7.98. The van der Waals surface area contributed by atoms with E-state index in [0.29, 0.717) is 5.95 Å². The zero-order valence-electron chi connectivity index (χ0n) is 29.4. The molecule has 8 aromatic carbocycles. The molecule has 0 N–H and O–H groups in total. The minimum Gasteiger partial charge on any atom is -0.456 e. The van der Waals surface area contributed by atoms with E-state index >= 15 is 0 Å². The summed E-state index contributed by atoms with van der Waals surface area (Å²) in [6, 6.07) is 62.3. The molecule has 0 saturated heterocycles. The predicted octanol–water partition coefficient (Wildman–Crippen LogP) is 14.0. The Labute approximate surface area is 319 Å². The molecule has 0 bridgehead atoms. The molecule has 0 fully saturated rings. The van der Waals surface area contributed by atoms with Gasteiger partial charge < -0.3 is 4.42 Å². The molecule has 256 valence electrons. The first-order valence-corrected chi connectivity index (χ1v) is 19.3. The van der Waals surface area contributed by atoms with Crippen molar-refractivity contribution < 1.29 is 4.42 Å². The highest BCUT2D eigenvalue weighted by Crippen LogP contribution is 2.47. The van der Waals surface area contributed by atoms with Crippen LogP contribution in [-0.4, -0.2) is 14.5 Å². The summed E-state index contributed by atoms with van der Waals surface area (Å²) in [5.74, 6) is 0.641. The lowest BCUT2D eigenvalue weighted by Gasteiger charge is -2.12. The van der Waals surface area contributed by atoms with Gasteiger partial charge in [0.2, 0.25) is 5.95 Å². The van der Waals surface area contributed by atoms with Crippen LogP contribution < -0.4 is 0 Å². The van der Waals surface area contributed by atoms with Gasteiger partial charge in [-0.15, -0.1) is 11.3 Å². The average molecular weight is 720 g/mol. The van der Waals surface area contributed by atoms with Crippen LogP contribution in [0, 0.1) is 0 Å². The smallest absolute Gasteiger partial charge is 0.235 e. The van der Waals surface area contributed by atoms with Gasteiger partial charge in [-0.2, -0.15) is 0 Å². The number of nitrogens with zero attached hydrogens (tertiary/aromatic N) is 3. The molecule has 4 nitrogen and oxygen atoms in total. The Morgan fingerprint density at radius 1 is 0.436 bits per heavy atom. The lowest BCUT2D eigenvalue weighted by molar-refractivity contribution is 0.669. The Morgan fingerprint density at radius 3 is 1.89 bits per heavy atom. The maximum atomic E-state index is 6.72. The quantitative estimate of drug-likeness (QED) is 0.182. The zero-order valence-corrected chi connectivity index (χ0v) is 30.2. The molecule has 0 unspecified atom stereocenters. The molecular weight excluding hydrogens is 691 g/mol. The van der Waals surface area contributed by atoms with Gasteiger partial charge in [0.15, 0.2) is 0 Å². The molecule has 12 aromatic rings. The summed E-state index contributed by atoms with van der Waals surface area (Å²) >= 11 is 1.76. The Kier molecular flexibility index (Phi) is 6.47. The van der Waals surface area contributed by atoms with Crippen LogP contribution >= 0.6 is 11.3 Å². The molecule has 0 spiro atoms. The molecule has 0 saturated carbocycles. The summed E-state index contributed by atoms with van der Waals surface area (Å²) in [6.45, 7) is 0. The Bertz CT molecular complexity index is 3470. The highest BCUT2D eigenvalue weighted by atomic mass is 32.1. The number of hydrogen-bond acceptors (Lipinski definition) is 4. The first-order chi connectivity index (χ1) is 27.3. The van der Waals surface area contributed by atoms with Crippen molar-refractivity contribution in [2.45, 2.75) is 0 Å². The van der Waals surface area contributed by atoms with Crippen LogP contribution in [0.15, 0.2) is 180 Å². The number of benzene rings is 8. The maximum Gasteiger partial charge on any atom is 0.235 e. The molecule has 0 radical (unpaired) electrons. The first-order valence-electron chi connectivity index (χ1n) is 18.5. The minimum absolute atomic E-state index is 0.641. The molecule has 0 amide bonds. The average Bonchev–Trinajstić information content (AvgIpc) is 3.93. The summed E-state index contributed by atoms with van der Waals surface area (Å²) in [6.07, 6.45) is 0. The monoisotopic (exact) mass is 719 g/mol. The largest absolute Gasteiger partial charge is 0.456 e. The summed E-state index contributed by atoms with van der Waals surface area (Å²) in [4.78, 5) is 11.0. The molecule has 0 aliphatic heterocycles. The van der Waals surface area contributed by atoms with E-state index in [1.54, 1.807) is 11.3 Å². The first kappa shape index (κ1) is 30.4. The number of thiophene rings is 1. The van der Waals surface area contributed by atoms with E-state index in [1.807, 2.05) is 6.07 Å². The van der Waals surface area contributed by atoms with Gasteiger partial charge in [-0.25, -0.2) is 9.97 Å². The molecule has 0 aliphatic rings. The van der Waals surface area contributed by atoms with E-state index in [9.17, 15) is 0 Å². The maximum absolute atomic E-state index is 6.72. The number of fused-ring (bicyclic) bond motifs is 12. The van der Waals surface area contributed by atoms with Gasteiger partial charge in [-0.1, -0.05) is 140 Å². The van der Waals surface area contributed by atoms with Crippen molar-refractivity contribution in [2.75, 3.05) is 0 Å². The van der Waals surface area contributed by atoms with Gasteiger partial charge in [-0.3, -0.25) is 4.57 Å². The van der Waals surface area contributed by atoms with Crippen LogP contribution in [0.4, 0.5) is 0 Å². The van der Waals surface area contributed by atoms with Crippen LogP contribution in [0.5, 0.6) is 0 Å². The third kappa shape index (κ3) is 4.51. The van der Waals surface area contributed by atoms with Crippen molar-refractivity contribution in [1.82, 2.24) is 14.5 Å². The third-order valence-electron chi connectivity index (χ3n) is 11.0. The molecule has 12 rings (SSSR count). The topological polar surface area (TPSA) is 43.9 Å². The summed E-state index contributed by atoms with van der Waals surface area (Å²) in [7, 11) is 0. The van der Waals surface area contributed by atoms with Crippen molar-refractivity contribution in [3.63, 3.8) is 0 Å². The van der Waals surface area contributed by atoms with E-state index in [-0.39, 0.29) is 0 Å². The zero-order chi connectivity index (χ0) is 36.0. The fourth-order valence-electron chi connectivity index (χ4n) is 8.58. The summed E-state index contributed by atoms with van der Waals surface area (Å²) in [5.41, 5.74) is 11.4.